The second-order valence-electron chi connectivity index (χ2n) is 3.99. The van der Waals surface area contributed by atoms with Crippen LogP contribution in [0, 0.1) is 6.92 Å². The number of hydrogen-bond donors (Lipinski definition) is 1. The van der Waals surface area contributed by atoms with E-state index in [1.165, 1.54) is 7.11 Å². The van der Waals surface area contributed by atoms with Gasteiger partial charge in [-0.2, -0.15) is 0 Å². The number of nitrogen functional groups attached to an aromatic ring is 1. The van der Waals surface area contributed by atoms with Gasteiger partial charge < -0.3 is 15.2 Å². The normalized spacial score (nSPS) is 10.4. The Balaban J connectivity index is 2.50. The molecule has 0 radical (unpaired) electrons. The molecule has 0 atom stereocenters. The number of aromatic nitrogens is 1. The minimum atomic E-state index is 0.267. The predicted octanol–water partition coefficient (Wildman–Crippen LogP) is 4.84. The van der Waals surface area contributed by atoms with E-state index in [1.807, 2.05) is 6.92 Å². The topological polar surface area (TPSA) is 57.4 Å². The molecule has 1 aromatic heterocycles. The van der Waals surface area contributed by atoms with Gasteiger partial charge >= 0.3 is 0 Å². The summed E-state index contributed by atoms with van der Waals surface area (Å²) in [6, 6.07) is 4.92. The lowest BCUT2D eigenvalue weighted by atomic mass is 10.3. The molecule has 0 aliphatic heterocycles. The molecule has 20 heavy (non-hydrogen) atoms. The summed E-state index contributed by atoms with van der Waals surface area (Å²) in [7, 11) is 1.49. The monoisotopic (exact) mass is 376 g/mol. The van der Waals surface area contributed by atoms with E-state index in [0.29, 0.717) is 32.4 Å². The van der Waals surface area contributed by atoms with Crippen LogP contribution < -0.4 is 15.2 Å². The summed E-state index contributed by atoms with van der Waals surface area (Å²) >= 11 is 15.6. The Morgan fingerprint density at radius 1 is 1.25 bits per heavy atom. The average molecular weight is 378 g/mol. The van der Waals surface area contributed by atoms with Crippen molar-refractivity contribution >= 4 is 44.8 Å². The highest BCUT2D eigenvalue weighted by Gasteiger charge is 2.18. The second-order valence-corrected chi connectivity index (χ2v) is 5.59. The van der Waals surface area contributed by atoms with E-state index in [2.05, 4.69) is 20.9 Å². The molecular weight excluding hydrogens is 367 g/mol. The first kappa shape index (κ1) is 15.2. The van der Waals surface area contributed by atoms with Gasteiger partial charge in [-0.3, -0.25) is 0 Å². The van der Waals surface area contributed by atoms with Crippen molar-refractivity contribution in [2.45, 2.75) is 6.92 Å². The molecular formula is C13H11BrCl2N2O2. The third-order valence-electron chi connectivity index (χ3n) is 2.48. The Morgan fingerprint density at radius 2 is 1.95 bits per heavy atom. The van der Waals surface area contributed by atoms with E-state index < -0.39 is 0 Å². The minimum absolute atomic E-state index is 0.267. The van der Waals surface area contributed by atoms with Crippen LogP contribution in [-0.4, -0.2) is 12.1 Å². The molecule has 106 valence electrons. The van der Waals surface area contributed by atoms with Crippen molar-refractivity contribution in [2.24, 2.45) is 0 Å². The van der Waals surface area contributed by atoms with Crippen molar-refractivity contribution in [2.75, 3.05) is 12.8 Å². The van der Waals surface area contributed by atoms with Gasteiger partial charge in [0.2, 0.25) is 5.88 Å². The van der Waals surface area contributed by atoms with E-state index in [0.717, 1.165) is 0 Å². The Kier molecular flexibility index (Phi) is 4.62. The molecule has 0 aliphatic rings. The number of aryl methyl sites for hydroxylation is 1. The molecule has 1 heterocycles. The summed E-state index contributed by atoms with van der Waals surface area (Å²) in [5.41, 5.74) is 6.92. The molecule has 0 amide bonds. The summed E-state index contributed by atoms with van der Waals surface area (Å²) < 4.78 is 11.5. The maximum atomic E-state index is 6.21. The second kappa shape index (κ2) is 6.08. The zero-order valence-electron chi connectivity index (χ0n) is 10.7. The fraction of sp³-hybridized carbons (Fsp3) is 0.154. The molecule has 0 saturated heterocycles. The largest absolute Gasteiger partial charge is 0.480 e. The zero-order valence-corrected chi connectivity index (χ0v) is 13.8. The molecule has 4 nitrogen and oxygen atoms in total. The van der Waals surface area contributed by atoms with Gasteiger partial charge in [0.15, 0.2) is 5.75 Å². The highest BCUT2D eigenvalue weighted by Crippen LogP contribution is 2.42. The third kappa shape index (κ3) is 3.11. The summed E-state index contributed by atoms with van der Waals surface area (Å²) in [6.45, 7) is 1.81. The number of rotatable bonds is 3. The number of ether oxygens (including phenoxy) is 2. The number of methoxy groups -OCH3 is 1. The van der Waals surface area contributed by atoms with E-state index in [4.69, 9.17) is 38.4 Å². The lowest BCUT2D eigenvalue weighted by Crippen LogP contribution is -1.97. The quantitative estimate of drug-likeness (QED) is 0.777. The SMILES string of the molecule is COc1nc(C)c(Br)c(Oc2cc(N)cc(Cl)c2)c1Cl. The summed E-state index contributed by atoms with van der Waals surface area (Å²) in [5, 5.41) is 0.744. The van der Waals surface area contributed by atoms with Crippen molar-refractivity contribution in [3.63, 3.8) is 0 Å². The molecule has 0 spiro atoms. The van der Waals surface area contributed by atoms with Crippen LogP contribution in [0.3, 0.4) is 0 Å². The van der Waals surface area contributed by atoms with Gasteiger partial charge in [-0.25, -0.2) is 4.98 Å². The molecule has 7 heteroatoms. The predicted molar refractivity (Wildman–Crippen MR) is 84.2 cm³/mol. The number of nitrogens with zero attached hydrogens (tertiary/aromatic N) is 1. The van der Waals surface area contributed by atoms with Crippen molar-refractivity contribution in [1.29, 1.82) is 0 Å². The van der Waals surface area contributed by atoms with E-state index >= 15 is 0 Å². The first-order chi connectivity index (χ1) is 9.42. The smallest absolute Gasteiger partial charge is 0.236 e. The highest BCUT2D eigenvalue weighted by molar-refractivity contribution is 9.10. The molecule has 2 aromatic rings. The number of anilines is 1. The summed E-state index contributed by atoms with van der Waals surface area (Å²) in [6.07, 6.45) is 0. The third-order valence-corrected chi connectivity index (χ3v) is 3.97. The molecule has 0 bridgehead atoms. The lowest BCUT2D eigenvalue weighted by Gasteiger charge is -2.14. The fourth-order valence-electron chi connectivity index (χ4n) is 1.59. The number of halogens is 3. The maximum Gasteiger partial charge on any atom is 0.236 e. The first-order valence-corrected chi connectivity index (χ1v) is 7.10. The average Bonchev–Trinajstić information content (AvgIpc) is 2.38. The Morgan fingerprint density at radius 3 is 2.55 bits per heavy atom. The minimum Gasteiger partial charge on any atom is -0.480 e. The number of hydrogen-bond acceptors (Lipinski definition) is 4. The van der Waals surface area contributed by atoms with Crippen LogP contribution in [0.15, 0.2) is 22.7 Å². The first-order valence-electron chi connectivity index (χ1n) is 5.56. The van der Waals surface area contributed by atoms with E-state index in [9.17, 15) is 0 Å². The molecule has 2 N–H and O–H groups in total. The van der Waals surface area contributed by atoms with E-state index in [1.54, 1.807) is 18.2 Å². The van der Waals surface area contributed by atoms with Crippen molar-refractivity contribution in [1.82, 2.24) is 4.98 Å². The Hall–Kier alpha value is -1.17. The van der Waals surface area contributed by atoms with Crippen LogP contribution >= 0.6 is 39.1 Å². The van der Waals surface area contributed by atoms with Gasteiger partial charge in [-0.05, 0) is 35.0 Å². The van der Waals surface area contributed by atoms with Crippen molar-refractivity contribution in [3.05, 3.63) is 38.4 Å². The maximum absolute atomic E-state index is 6.21. The lowest BCUT2D eigenvalue weighted by molar-refractivity contribution is 0.391. The van der Waals surface area contributed by atoms with Crippen LogP contribution in [0.1, 0.15) is 5.69 Å². The van der Waals surface area contributed by atoms with Crippen LogP contribution in [0.4, 0.5) is 5.69 Å². The molecule has 2 rings (SSSR count). The van der Waals surface area contributed by atoms with Gasteiger partial charge in [0.25, 0.3) is 0 Å². The van der Waals surface area contributed by atoms with Gasteiger partial charge in [0.1, 0.15) is 10.8 Å². The van der Waals surface area contributed by atoms with Gasteiger partial charge in [0.05, 0.1) is 17.3 Å². The molecule has 0 aliphatic carbocycles. The summed E-state index contributed by atoms with van der Waals surface area (Å²) in [4.78, 5) is 4.20. The molecule has 0 unspecified atom stereocenters. The van der Waals surface area contributed by atoms with Crippen LogP contribution in [0.2, 0.25) is 10.0 Å². The van der Waals surface area contributed by atoms with Gasteiger partial charge in [-0.1, -0.05) is 23.2 Å². The van der Waals surface area contributed by atoms with Crippen LogP contribution in [0.25, 0.3) is 0 Å². The van der Waals surface area contributed by atoms with Crippen LogP contribution in [-0.2, 0) is 0 Å². The van der Waals surface area contributed by atoms with Gasteiger partial charge in [-0.15, -0.1) is 0 Å². The van der Waals surface area contributed by atoms with E-state index in [-0.39, 0.29) is 10.9 Å². The van der Waals surface area contributed by atoms with Crippen molar-refractivity contribution < 1.29 is 9.47 Å². The van der Waals surface area contributed by atoms with Crippen molar-refractivity contribution in [3.8, 4) is 17.4 Å². The fourth-order valence-corrected chi connectivity index (χ4v) is 2.56. The number of pyridine rings is 1. The molecule has 0 saturated carbocycles. The molecule has 1 aromatic carbocycles. The number of nitrogens with two attached hydrogens (primary N) is 1. The zero-order chi connectivity index (χ0) is 14.9. The summed E-state index contributed by atoms with van der Waals surface area (Å²) in [5.74, 6) is 1.17. The highest BCUT2D eigenvalue weighted by atomic mass is 79.9. The van der Waals surface area contributed by atoms with Gasteiger partial charge in [0, 0.05) is 16.8 Å². The standard InChI is InChI=1S/C13H11BrCl2N2O2/c1-6-10(14)12(11(16)13(18-6)19-2)20-9-4-7(15)3-8(17)5-9/h3-5H,17H2,1-2H3. The Bertz CT molecular complexity index is 645. The Labute approximate surface area is 134 Å². The number of benzene rings is 1. The van der Waals surface area contributed by atoms with Crippen LogP contribution in [0.5, 0.6) is 17.4 Å². The molecule has 0 fully saturated rings.